The first-order valence-electron chi connectivity index (χ1n) is 10.4. The van der Waals surface area contributed by atoms with Crippen LogP contribution in [0.4, 0.5) is 14.6 Å². The van der Waals surface area contributed by atoms with Gasteiger partial charge in [-0.2, -0.15) is 4.98 Å². The Hall–Kier alpha value is -3.72. The van der Waals surface area contributed by atoms with Gasteiger partial charge in [0, 0.05) is 17.5 Å². The molecule has 0 radical (unpaired) electrons. The third kappa shape index (κ3) is 5.09. The van der Waals surface area contributed by atoms with E-state index in [1.54, 1.807) is 30.3 Å². The molecule has 0 amide bonds. The standard InChI is InChI=1S/C24H21ClF2N4O3/c1-24(2,11-20(32)33)13-6-8-14(9-7-13)34-23-29-19-10-16(25)21(30-22(19)31-23)28-12-15-17(26)4-3-5-18(15)27/h3-10H,11-12H2,1-2H3,(H,32,33)(H2,28,29,30,31). The van der Waals surface area contributed by atoms with Gasteiger partial charge in [0.1, 0.15) is 23.2 Å². The molecular formula is C24H21ClF2N4O3. The summed E-state index contributed by atoms with van der Waals surface area (Å²) in [4.78, 5) is 22.7. The van der Waals surface area contributed by atoms with Gasteiger partial charge in [0.05, 0.1) is 17.0 Å². The number of H-pyrrole nitrogens is 1. The molecule has 3 N–H and O–H groups in total. The summed E-state index contributed by atoms with van der Waals surface area (Å²) < 4.78 is 33.5. The van der Waals surface area contributed by atoms with E-state index in [0.29, 0.717) is 16.9 Å². The summed E-state index contributed by atoms with van der Waals surface area (Å²) in [6.45, 7) is 3.57. The van der Waals surface area contributed by atoms with E-state index in [-0.39, 0.29) is 35.4 Å². The molecule has 0 aliphatic heterocycles. The van der Waals surface area contributed by atoms with Crippen LogP contribution in [0.1, 0.15) is 31.4 Å². The minimum atomic E-state index is -0.869. The van der Waals surface area contributed by atoms with Gasteiger partial charge >= 0.3 is 12.0 Å². The van der Waals surface area contributed by atoms with E-state index < -0.39 is 23.0 Å². The Bertz CT molecular complexity index is 1340. The van der Waals surface area contributed by atoms with Gasteiger partial charge in [0.2, 0.25) is 0 Å². The van der Waals surface area contributed by atoms with E-state index in [9.17, 15) is 13.6 Å². The number of aliphatic carboxylic acids is 1. The van der Waals surface area contributed by atoms with Crippen molar-refractivity contribution in [2.24, 2.45) is 0 Å². The van der Waals surface area contributed by atoms with Crippen LogP contribution in [-0.4, -0.2) is 26.0 Å². The minimum Gasteiger partial charge on any atom is -0.481 e. The van der Waals surface area contributed by atoms with E-state index in [4.69, 9.17) is 21.4 Å². The van der Waals surface area contributed by atoms with Crippen molar-refractivity contribution in [3.05, 3.63) is 76.3 Å². The van der Waals surface area contributed by atoms with Gasteiger partial charge in [0.25, 0.3) is 0 Å². The van der Waals surface area contributed by atoms with Crippen molar-refractivity contribution in [1.82, 2.24) is 15.0 Å². The van der Waals surface area contributed by atoms with Crippen molar-refractivity contribution < 1.29 is 23.4 Å². The summed E-state index contributed by atoms with van der Waals surface area (Å²) in [6, 6.07) is 12.5. The summed E-state index contributed by atoms with van der Waals surface area (Å²) in [7, 11) is 0. The lowest BCUT2D eigenvalue weighted by Crippen LogP contribution is -2.21. The number of hydrogen-bond acceptors (Lipinski definition) is 5. The molecule has 2 aromatic carbocycles. The highest BCUT2D eigenvalue weighted by molar-refractivity contribution is 6.33. The predicted octanol–water partition coefficient (Wildman–Crippen LogP) is 6.05. The van der Waals surface area contributed by atoms with Gasteiger partial charge in [-0.25, -0.2) is 13.8 Å². The number of pyridine rings is 1. The van der Waals surface area contributed by atoms with Crippen LogP contribution in [0, 0.1) is 11.6 Å². The summed E-state index contributed by atoms with van der Waals surface area (Å²) in [5, 5.41) is 12.2. The first kappa shape index (κ1) is 23.4. The molecule has 4 rings (SSSR count). The lowest BCUT2D eigenvalue weighted by atomic mass is 9.82. The third-order valence-corrected chi connectivity index (χ3v) is 5.63. The number of nitrogens with zero attached hydrogens (tertiary/aromatic N) is 2. The smallest absolute Gasteiger partial charge is 0.304 e. The van der Waals surface area contributed by atoms with Gasteiger partial charge in [0.15, 0.2) is 5.65 Å². The maximum atomic E-state index is 13.9. The number of aromatic nitrogens is 3. The number of carboxylic acid groups (broad SMARTS) is 1. The number of halogens is 3. The molecule has 2 heterocycles. The van der Waals surface area contributed by atoms with Crippen LogP contribution >= 0.6 is 11.6 Å². The number of ether oxygens (including phenoxy) is 1. The van der Waals surface area contributed by atoms with Gasteiger partial charge < -0.3 is 20.1 Å². The number of fused-ring (bicyclic) bond motifs is 1. The van der Waals surface area contributed by atoms with Crippen molar-refractivity contribution in [1.29, 1.82) is 0 Å². The molecule has 10 heteroatoms. The molecule has 0 unspecified atom stereocenters. The van der Waals surface area contributed by atoms with Gasteiger partial charge in [-0.15, -0.1) is 0 Å². The molecule has 4 aromatic rings. The molecule has 176 valence electrons. The first-order chi connectivity index (χ1) is 16.1. The molecule has 7 nitrogen and oxygen atoms in total. The molecular weight excluding hydrogens is 466 g/mol. The molecule has 0 saturated heterocycles. The summed E-state index contributed by atoms with van der Waals surface area (Å²) in [5.74, 6) is -1.49. The van der Waals surface area contributed by atoms with Crippen molar-refractivity contribution in [2.45, 2.75) is 32.2 Å². The lowest BCUT2D eigenvalue weighted by molar-refractivity contribution is -0.138. The van der Waals surface area contributed by atoms with Crippen molar-refractivity contribution in [3.8, 4) is 11.8 Å². The quantitative estimate of drug-likeness (QED) is 0.280. The summed E-state index contributed by atoms with van der Waals surface area (Å²) in [6.07, 6.45) is 0.00310. The number of carbonyl (C=O) groups is 1. The zero-order chi connectivity index (χ0) is 24.5. The second-order valence-corrected chi connectivity index (χ2v) is 8.77. The van der Waals surface area contributed by atoms with Crippen LogP contribution in [0.3, 0.4) is 0 Å². The fourth-order valence-corrected chi connectivity index (χ4v) is 3.73. The fourth-order valence-electron chi connectivity index (χ4n) is 3.51. The van der Waals surface area contributed by atoms with Gasteiger partial charge in [-0.05, 0) is 35.9 Å². The van der Waals surface area contributed by atoms with E-state index >= 15 is 0 Å². The highest BCUT2D eigenvalue weighted by Gasteiger charge is 2.24. The third-order valence-electron chi connectivity index (χ3n) is 5.34. The number of anilines is 1. The molecule has 0 spiro atoms. The molecule has 0 bridgehead atoms. The average Bonchev–Trinajstić information content (AvgIpc) is 3.13. The molecule has 34 heavy (non-hydrogen) atoms. The number of nitrogens with one attached hydrogen (secondary N) is 2. The van der Waals surface area contributed by atoms with Crippen LogP contribution in [-0.2, 0) is 16.8 Å². The van der Waals surface area contributed by atoms with Crippen LogP contribution < -0.4 is 10.1 Å². The lowest BCUT2D eigenvalue weighted by Gasteiger charge is -2.23. The number of benzene rings is 2. The SMILES string of the molecule is CC(C)(CC(=O)O)c1ccc(Oc2nc3nc(NCc4c(F)cccc4F)c(Cl)cc3[nH]2)cc1. The van der Waals surface area contributed by atoms with E-state index in [1.807, 2.05) is 13.8 Å². The van der Waals surface area contributed by atoms with Crippen LogP contribution in [0.5, 0.6) is 11.8 Å². The molecule has 0 aliphatic rings. The first-order valence-corrected chi connectivity index (χ1v) is 10.7. The highest BCUT2D eigenvalue weighted by Crippen LogP contribution is 2.31. The number of rotatable bonds is 8. The van der Waals surface area contributed by atoms with Crippen LogP contribution in [0.2, 0.25) is 5.02 Å². The Morgan fingerprint density at radius 2 is 1.82 bits per heavy atom. The van der Waals surface area contributed by atoms with Crippen molar-refractivity contribution in [2.75, 3.05) is 5.32 Å². The minimum absolute atomic E-state index is 0.00310. The van der Waals surface area contributed by atoms with Crippen LogP contribution in [0.15, 0.2) is 48.5 Å². The molecule has 2 aromatic heterocycles. The molecule has 0 saturated carbocycles. The predicted molar refractivity (Wildman–Crippen MR) is 124 cm³/mol. The van der Waals surface area contributed by atoms with Crippen LogP contribution in [0.25, 0.3) is 11.2 Å². The normalized spacial score (nSPS) is 11.6. The average molecular weight is 487 g/mol. The summed E-state index contributed by atoms with van der Waals surface area (Å²) in [5.41, 5.74) is 1.03. The summed E-state index contributed by atoms with van der Waals surface area (Å²) >= 11 is 6.27. The molecule has 0 aliphatic carbocycles. The Morgan fingerprint density at radius 1 is 1.15 bits per heavy atom. The highest BCUT2D eigenvalue weighted by atomic mass is 35.5. The van der Waals surface area contributed by atoms with Gasteiger partial charge in [-0.3, -0.25) is 4.79 Å². The topological polar surface area (TPSA) is 100 Å². The number of imidazole rings is 1. The van der Waals surface area contributed by atoms with Gasteiger partial charge in [-0.1, -0.05) is 43.6 Å². The van der Waals surface area contributed by atoms with E-state index in [0.717, 1.165) is 5.56 Å². The number of aromatic amines is 1. The van der Waals surface area contributed by atoms with E-state index in [2.05, 4.69) is 20.3 Å². The second kappa shape index (κ2) is 9.26. The Morgan fingerprint density at radius 3 is 2.47 bits per heavy atom. The zero-order valence-corrected chi connectivity index (χ0v) is 19.1. The largest absolute Gasteiger partial charge is 0.481 e. The molecule has 0 atom stereocenters. The van der Waals surface area contributed by atoms with E-state index in [1.165, 1.54) is 18.2 Å². The fraction of sp³-hybridized carbons (Fsp3) is 0.208. The maximum absolute atomic E-state index is 13.9. The molecule has 0 fully saturated rings. The Balaban J connectivity index is 1.50. The Labute approximate surface area is 198 Å². The zero-order valence-electron chi connectivity index (χ0n) is 18.3. The van der Waals surface area contributed by atoms with Crippen molar-refractivity contribution >= 4 is 34.6 Å². The maximum Gasteiger partial charge on any atom is 0.304 e. The Kier molecular flexibility index (Phi) is 6.39. The second-order valence-electron chi connectivity index (χ2n) is 8.37. The monoisotopic (exact) mass is 486 g/mol. The number of carboxylic acids is 1. The van der Waals surface area contributed by atoms with Crippen molar-refractivity contribution in [3.63, 3.8) is 0 Å². The number of hydrogen-bond donors (Lipinski definition) is 3.